The first-order valence-corrected chi connectivity index (χ1v) is 7.64. The molecule has 4 bridgehead atoms. The predicted octanol–water partition coefficient (Wildman–Crippen LogP) is 2.86. The number of carbonyl (C=O) groups excluding carboxylic acids is 2. The van der Waals surface area contributed by atoms with Gasteiger partial charge in [0.2, 0.25) is 0 Å². The standard InChI is InChI=1S/C16H20F2O4/c1-9-11-3-10-4-12(9)7-16(5-10,6-11)22-13(19)8-21-14(20)15(2,17)18/h10-12H,1,3-8H2,2H3. The van der Waals surface area contributed by atoms with Gasteiger partial charge in [-0.15, -0.1) is 0 Å². The number of rotatable bonds is 4. The molecule has 0 aromatic heterocycles. The first-order chi connectivity index (χ1) is 10.2. The highest BCUT2D eigenvalue weighted by Gasteiger charge is 2.54. The van der Waals surface area contributed by atoms with Gasteiger partial charge in [-0.2, -0.15) is 8.78 Å². The molecular weight excluding hydrogens is 294 g/mol. The Morgan fingerprint density at radius 3 is 2.41 bits per heavy atom. The third-order valence-electron chi connectivity index (χ3n) is 5.19. The van der Waals surface area contributed by atoms with Crippen molar-refractivity contribution in [3.05, 3.63) is 12.2 Å². The normalized spacial score (nSPS) is 36.3. The van der Waals surface area contributed by atoms with Crippen LogP contribution in [0.3, 0.4) is 0 Å². The van der Waals surface area contributed by atoms with E-state index in [1.54, 1.807) is 0 Å². The number of halogens is 2. The van der Waals surface area contributed by atoms with Crippen molar-refractivity contribution < 1.29 is 27.8 Å². The number of allylic oxidation sites excluding steroid dienone is 1. The molecule has 0 spiro atoms. The van der Waals surface area contributed by atoms with Crippen LogP contribution in [0.5, 0.6) is 0 Å². The largest absolute Gasteiger partial charge is 0.456 e. The third-order valence-corrected chi connectivity index (χ3v) is 5.19. The molecule has 0 aromatic rings. The van der Waals surface area contributed by atoms with Gasteiger partial charge in [0.15, 0.2) is 6.61 Å². The van der Waals surface area contributed by atoms with Crippen molar-refractivity contribution in [1.29, 1.82) is 0 Å². The lowest BCUT2D eigenvalue weighted by Gasteiger charge is -2.56. The Labute approximate surface area is 127 Å². The van der Waals surface area contributed by atoms with Crippen molar-refractivity contribution in [3.63, 3.8) is 0 Å². The average Bonchev–Trinajstić information content (AvgIpc) is 2.39. The fourth-order valence-corrected chi connectivity index (χ4v) is 4.45. The molecule has 6 heteroatoms. The maximum atomic E-state index is 12.7. The first kappa shape index (κ1) is 15.4. The van der Waals surface area contributed by atoms with E-state index in [0.29, 0.717) is 24.7 Å². The van der Waals surface area contributed by atoms with Gasteiger partial charge in [-0.3, -0.25) is 0 Å². The molecule has 4 fully saturated rings. The number of alkyl halides is 2. The summed E-state index contributed by atoms with van der Waals surface area (Å²) in [6, 6.07) is 0. The van der Waals surface area contributed by atoms with E-state index in [1.165, 1.54) is 5.57 Å². The highest BCUT2D eigenvalue weighted by Crippen LogP contribution is 2.58. The molecule has 4 aliphatic carbocycles. The predicted molar refractivity (Wildman–Crippen MR) is 73.1 cm³/mol. The summed E-state index contributed by atoms with van der Waals surface area (Å²) in [4.78, 5) is 22.9. The maximum Gasteiger partial charge on any atom is 0.377 e. The molecular formula is C16H20F2O4. The van der Waals surface area contributed by atoms with Crippen LogP contribution in [-0.2, 0) is 19.1 Å². The lowest BCUT2D eigenvalue weighted by Crippen LogP contribution is -2.54. The molecule has 4 rings (SSSR count). The Kier molecular flexibility index (Phi) is 3.53. The van der Waals surface area contributed by atoms with E-state index < -0.39 is 30.1 Å². The summed E-state index contributed by atoms with van der Waals surface area (Å²) < 4.78 is 35.3. The Bertz CT molecular complexity index is 505. The minimum absolute atomic E-state index is 0.390. The van der Waals surface area contributed by atoms with E-state index in [9.17, 15) is 18.4 Å². The van der Waals surface area contributed by atoms with Crippen LogP contribution in [0.1, 0.15) is 39.0 Å². The van der Waals surface area contributed by atoms with Crippen molar-refractivity contribution in [2.75, 3.05) is 6.61 Å². The van der Waals surface area contributed by atoms with E-state index in [1.807, 2.05) is 0 Å². The second kappa shape index (κ2) is 5.03. The molecule has 2 unspecified atom stereocenters. The van der Waals surface area contributed by atoms with Crippen molar-refractivity contribution in [3.8, 4) is 0 Å². The van der Waals surface area contributed by atoms with Crippen LogP contribution < -0.4 is 0 Å². The van der Waals surface area contributed by atoms with Gasteiger partial charge in [0.05, 0.1) is 0 Å². The van der Waals surface area contributed by atoms with Gasteiger partial charge in [0.25, 0.3) is 0 Å². The van der Waals surface area contributed by atoms with Crippen LogP contribution in [0.25, 0.3) is 0 Å². The van der Waals surface area contributed by atoms with Gasteiger partial charge >= 0.3 is 17.9 Å². The molecule has 22 heavy (non-hydrogen) atoms. The molecule has 0 aromatic carbocycles. The van der Waals surface area contributed by atoms with Crippen LogP contribution in [0, 0.1) is 17.8 Å². The summed E-state index contributed by atoms with van der Waals surface area (Å²) in [5.41, 5.74) is 0.746. The summed E-state index contributed by atoms with van der Waals surface area (Å²) >= 11 is 0. The van der Waals surface area contributed by atoms with Crippen molar-refractivity contribution in [2.24, 2.45) is 17.8 Å². The third kappa shape index (κ3) is 2.75. The lowest BCUT2D eigenvalue weighted by molar-refractivity contribution is -0.191. The topological polar surface area (TPSA) is 52.6 Å². The Morgan fingerprint density at radius 1 is 1.27 bits per heavy atom. The average molecular weight is 314 g/mol. The highest BCUT2D eigenvalue weighted by atomic mass is 19.3. The number of esters is 2. The van der Waals surface area contributed by atoms with Crippen LogP contribution in [0.2, 0.25) is 0 Å². The zero-order chi connectivity index (χ0) is 16.1. The smallest absolute Gasteiger partial charge is 0.377 e. The molecule has 2 atom stereocenters. The van der Waals surface area contributed by atoms with Gasteiger partial charge in [-0.25, -0.2) is 9.59 Å². The second-order valence-electron chi connectivity index (χ2n) is 7.04. The van der Waals surface area contributed by atoms with Crippen LogP contribution in [0.4, 0.5) is 8.78 Å². The summed E-state index contributed by atoms with van der Waals surface area (Å²) in [6.45, 7) is 3.83. The fourth-order valence-electron chi connectivity index (χ4n) is 4.45. The van der Waals surface area contributed by atoms with Crippen molar-refractivity contribution >= 4 is 11.9 Å². The molecule has 0 saturated heterocycles. The molecule has 4 nitrogen and oxygen atoms in total. The van der Waals surface area contributed by atoms with E-state index in [4.69, 9.17) is 4.74 Å². The lowest BCUT2D eigenvalue weighted by atomic mass is 9.52. The quantitative estimate of drug-likeness (QED) is 0.591. The minimum Gasteiger partial charge on any atom is -0.456 e. The number of ether oxygens (including phenoxy) is 2. The number of hydrogen-bond acceptors (Lipinski definition) is 4. The minimum atomic E-state index is -3.60. The fraction of sp³-hybridized carbons (Fsp3) is 0.750. The summed E-state index contributed by atoms with van der Waals surface area (Å²) in [5, 5.41) is 0. The number of carbonyl (C=O) groups is 2. The van der Waals surface area contributed by atoms with E-state index in [-0.39, 0.29) is 0 Å². The van der Waals surface area contributed by atoms with Gasteiger partial charge in [-0.1, -0.05) is 12.2 Å². The van der Waals surface area contributed by atoms with Crippen molar-refractivity contribution in [1.82, 2.24) is 0 Å². The maximum absolute atomic E-state index is 12.7. The van der Waals surface area contributed by atoms with Gasteiger partial charge < -0.3 is 9.47 Å². The van der Waals surface area contributed by atoms with Gasteiger partial charge in [0.1, 0.15) is 5.60 Å². The molecule has 4 aliphatic rings. The van der Waals surface area contributed by atoms with Crippen LogP contribution in [0.15, 0.2) is 12.2 Å². The molecule has 4 saturated carbocycles. The molecule has 0 N–H and O–H groups in total. The Morgan fingerprint density at radius 2 is 1.86 bits per heavy atom. The monoisotopic (exact) mass is 314 g/mol. The molecule has 122 valence electrons. The Hall–Kier alpha value is -1.46. The van der Waals surface area contributed by atoms with Crippen molar-refractivity contribution in [2.45, 2.75) is 50.6 Å². The van der Waals surface area contributed by atoms with E-state index in [0.717, 1.165) is 32.1 Å². The molecule has 0 heterocycles. The molecule has 0 amide bonds. The summed E-state index contributed by atoms with van der Waals surface area (Å²) in [6.07, 6.45) is 4.53. The van der Waals surface area contributed by atoms with Gasteiger partial charge in [0, 0.05) is 6.92 Å². The zero-order valence-corrected chi connectivity index (χ0v) is 12.6. The Balaban J connectivity index is 1.58. The SMILES string of the molecule is C=C1C2CC3CC1CC(OC(=O)COC(=O)C(C)(F)F)(C3)C2. The molecule has 0 radical (unpaired) electrons. The van der Waals surface area contributed by atoms with Crippen LogP contribution >= 0.6 is 0 Å². The van der Waals surface area contributed by atoms with Gasteiger partial charge in [-0.05, 0) is 49.9 Å². The second-order valence-corrected chi connectivity index (χ2v) is 7.04. The zero-order valence-electron chi connectivity index (χ0n) is 12.6. The molecule has 0 aliphatic heterocycles. The number of hydrogen-bond donors (Lipinski definition) is 0. The highest BCUT2D eigenvalue weighted by molar-refractivity contribution is 5.80. The first-order valence-electron chi connectivity index (χ1n) is 7.64. The van der Waals surface area contributed by atoms with E-state index >= 15 is 0 Å². The van der Waals surface area contributed by atoms with E-state index in [2.05, 4.69) is 11.3 Å². The van der Waals surface area contributed by atoms with Crippen LogP contribution in [-0.4, -0.2) is 30.1 Å². The summed E-state index contributed by atoms with van der Waals surface area (Å²) in [7, 11) is 0. The summed E-state index contributed by atoms with van der Waals surface area (Å²) in [5.74, 6) is -4.73.